The van der Waals surface area contributed by atoms with E-state index in [1.807, 2.05) is 0 Å². The maximum atomic E-state index is 12.8. The molecular weight excluding hydrogens is 430 g/mol. The summed E-state index contributed by atoms with van der Waals surface area (Å²) in [4.78, 5) is 24.6. The van der Waals surface area contributed by atoms with Gasteiger partial charge >= 0.3 is 6.09 Å². The van der Waals surface area contributed by atoms with Gasteiger partial charge in [0.2, 0.25) is 10.0 Å². The summed E-state index contributed by atoms with van der Waals surface area (Å²) in [5.74, 6) is -0.525. The summed E-state index contributed by atoms with van der Waals surface area (Å²) >= 11 is 1.07. The third kappa shape index (κ3) is 5.36. The summed E-state index contributed by atoms with van der Waals surface area (Å²) in [7, 11) is -2.20. The fourth-order valence-corrected chi connectivity index (χ4v) is 5.78. The number of anilines is 2. The van der Waals surface area contributed by atoms with Gasteiger partial charge in [-0.25, -0.2) is 13.2 Å². The van der Waals surface area contributed by atoms with Gasteiger partial charge in [0, 0.05) is 31.6 Å². The molecule has 0 atom stereocenters. The fraction of sp³-hybridized carbons (Fsp3) is 0.368. The molecular formula is C19H23N3O6S2. The lowest BCUT2D eigenvalue weighted by Gasteiger charge is -2.15. The number of rotatable bonds is 8. The van der Waals surface area contributed by atoms with Crippen molar-refractivity contribution in [3.63, 3.8) is 0 Å². The van der Waals surface area contributed by atoms with Gasteiger partial charge in [-0.3, -0.25) is 10.1 Å². The highest BCUT2D eigenvalue weighted by molar-refractivity contribution is 7.89. The van der Waals surface area contributed by atoms with Gasteiger partial charge in [0.1, 0.15) is 16.4 Å². The Morgan fingerprint density at radius 3 is 2.50 bits per heavy atom. The minimum atomic E-state index is -3.70. The molecule has 0 radical (unpaired) electrons. The second-order valence-corrected chi connectivity index (χ2v) is 9.34. The van der Waals surface area contributed by atoms with Crippen molar-refractivity contribution in [2.24, 2.45) is 0 Å². The normalized spacial score (nSPS) is 14.4. The van der Waals surface area contributed by atoms with Crippen molar-refractivity contribution in [3.8, 4) is 0 Å². The highest BCUT2D eigenvalue weighted by Crippen LogP contribution is 2.28. The van der Waals surface area contributed by atoms with Gasteiger partial charge in [0.05, 0.1) is 6.61 Å². The van der Waals surface area contributed by atoms with Crippen molar-refractivity contribution in [2.75, 3.05) is 44.0 Å². The van der Waals surface area contributed by atoms with Gasteiger partial charge in [0.25, 0.3) is 5.91 Å². The number of hydrogen-bond donors (Lipinski definition) is 2. The van der Waals surface area contributed by atoms with Crippen molar-refractivity contribution < 1.29 is 27.5 Å². The van der Waals surface area contributed by atoms with E-state index < -0.39 is 22.0 Å². The van der Waals surface area contributed by atoms with Crippen LogP contribution in [0.4, 0.5) is 16.2 Å². The lowest BCUT2D eigenvalue weighted by Crippen LogP contribution is -2.29. The van der Waals surface area contributed by atoms with Crippen LogP contribution in [0.1, 0.15) is 22.5 Å². The zero-order valence-electron chi connectivity index (χ0n) is 16.4. The fourth-order valence-electron chi connectivity index (χ4n) is 2.97. The molecule has 1 aromatic heterocycles. The van der Waals surface area contributed by atoms with E-state index in [9.17, 15) is 18.0 Å². The van der Waals surface area contributed by atoms with Gasteiger partial charge < -0.3 is 14.8 Å². The quantitative estimate of drug-likeness (QED) is 0.594. The predicted molar refractivity (Wildman–Crippen MR) is 114 cm³/mol. The number of ether oxygens (including phenoxy) is 2. The number of hydrogen-bond acceptors (Lipinski definition) is 7. The summed E-state index contributed by atoms with van der Waals surface area (Å²) in [6.45, 7) is 1.33. The lowest BCUT2D eigenvalue weighted by molar-refractivity contribution is 0.102. The lowest BCUT2D eigenvalue weighted by atomic mass is 10.2. The summed E-state index contributed by atoms with van der Waals surface area (Å²) in [6, 6.07) is 7.94. The van der Waals surface area contributed by atoms with E-state index in [1.54, 1.807) is 29.6 Å². The maximum absolute atomic E-state index is 12.8. The Kier molecular flexibility index (Phi) is 7.43. The van der Waals surface area contributed by atoms with E-state index in [2.05, 4.69) is 10.6 Å². The standard InChI is InChI=1S/C19H23N3O6S2/c1-27-10-11-28-19(24)21-15-6-4-5-14(13-15)20-18(23)17-16(7-12-29-17)30(25,26)22-8-2-3-9-22/h4-7,12-13H,2-3,8-11H2,1H3,(H,20,23)(H,21,24). The molecule has 0 aliphatic carbocycles. The average molecular weight is 454 g/mol. The molecule has 1 fully saturated rings. The van der Waals surface area contributed by atoms with Crippen LogP contribution in [0.2, 0.25) is 0 Å². The summed E-state index contributed by atoms with van der Waals surface area (Å²) in [5, 5.41) is 6.83. The van der Waals surface area contributed by atoms with Crippen molar-refractivity contribution in [1.29, 1.82) is 0 Å². The largest absolute Gasteiger partial charge is 0.447 e. The van der Waals surface area contributed by atoms with Crippen molar-refractivity contribution in [3.05, 3.63) is 40.6 Å². The van der Waals surface area contributed by atoms with Gasteiger partial charge in [-0.1, -0.05) is 6.07 Å². The van der Waals surface area contributed by atoms with Gasteiger partial charge in [-0.05, 0) is 42.5 Å². The van der Waals surface area contributed by atoms with Crippen LogP contribution in [-0.2, 0) is 19.5 Å². The molecule has 0 spiro atoms. The number of methoxy groups -OCH3 is 1. The molecule has 11 heteroatoms. The molecule has 30 heavy (non-hydrogen) atoms. The van der Waals surface area contributed by atoms with Gasteiger partial charge in [-0.2, -0.15) is 4.31 Å². The monoisotopic (exact) mass is 453 g/mol. The third-order valence-electron chi connectivity index (χ3n) is 4.41. The Bertz CT molecular complexity index is 999. The second kappa shape index (κ2) is 10.0. The maximum Gasteiger partial charge on any atom is 0.411 e. The molecule has 2 heterocycles. The molecule has 9 nitrogen and oxygen atoms in total. The van der Waals surface area contributed by atoms with Crippen molar-refractivity contribution >= 4 is 44.7 Å². The molecule has 0 bridgehead atoms. The van der Waals surface area contributed by atoms with Crippen LogP contribution in [0.5, 0.6) is 0 Å². The first-order valence-corrected chi connectivity index (χ1v) is 11.7. The first kappa shape index (κ1) is 22.2. The van der Waals surface area contributed by atoms with E-state index in [-0.39, 0.29) is 23.0 Å². The first-order valence-electron chi connectivity index (χ1n) is 9.33. The Hall–Kier alpha value is -2.47. The molecule has 162 valence electrons. The van der Waals surface area contributed by atoms with E-state index in [1.165, 1.54) is 17.5 Å². The highest BCUT2D eigenvalue weighted by atomic mass is 32.2. The van der Waals surface area contributed by atoms with Gasteiger partial charge in [-0.15, -0.1) is 11.3 Å². The average Bonchev–Trinajstić information content (AvgIpc) is 3.41. The number of amides is 2. The second-order valence-electron chi connectivity index (χ2n) is 6.51. The van der Waals surface area contributed by atoms with Crippen LogP contribution < -0.4 is 10.6 Å². The predicted octanol–water partition coefficient (Wildman–Crippen LogP) is 2.98. The van der Waals surface area contributed by atoms with Crippen molar-refractivity contribution in [1.82, 2.24) is 4.31 Å². The molecule has 1 aliphatic rings. The van der Waals surface area contributed by atoms with Crippen LogP contribution in [-0.4, -0.2) is 58.1 Å². The van der Waals surface area contributed by atoms with Crippen LogP contribution in [0, 0.1) is 0 Å². The van der Waals surface area contributed by atoms with Crippen molar-refractivity contribution in [2.45, 2.75) is 17.7 Å². The SMILES string of the molecule is COCCOC(=O)Nc1cccc(NC(=O)c2sccc2S(=O)(=O)N2CCCC2)c1. The Morgan fingerprint density at radius 1 is 1.10 bits per heavy atom. The number of sulfonamides is 1. The zero-order valence-corrected chi connectivity index (χ0v) is 18.1. The smallest absolute Gasteiger partial charge is 0.411 e. The van der Waals surface area contributed by atoms with E-state index in [0.717, 1.165) is 24.2 Å². The molecule has 1 aliphatic heterocycles. The number of carbonyl (C=O) groups excluding carboxylic acids is 2. The number of thiophene rings is 1. The zero-order chi connectivity index (χ0) is 21.6. The molecule has 1 saturated heterocycles. The minimum absolute atomic E-state index is 0.0166. The molecule has 3 rings (SSSR count). The van der Waals surface area contributed by atoms with Gasteiger partial charge in [0.15, 0.2) is 0 Å². The highest BCUT2D eigenvalue weighted by Gasteiger charge is 2.31. The molecule has 2 amide bonds. The Morgan fingerprint density at radius 2 is 1.80 bits per heavy atom. The van der Waals surface area contributed by atoms with E-state index in [0.29, 0.717) is 24.5 Å². The molecule has 2 aromatic rings. The summed E-state index contributed by atoms with van der Waals surface area (Å²) in [6.07, 6.45) is 0.991. The molecule has 1 aromatic carbocycles. The third-order valence-corrected chi connectivity index (χ3v) is 7.39. The number of nitrogens with zero attached hydrogens (tertiary/aromatic N) is 1. The first-order chi connectivity index (χ1) is 14.4. The molecule has 2 N–H and O–H groups in total. The Balaban J connectivity index is 1.69. The number of carbonyl (C=O) groups is 2. The van der Waals surface area contributed by atoms with E-state index in [4.69, 9.17) is 9.47 Å². The van der Waals surface area contributed by atoms with Crippen LogP contribution in [0.25, 0.3) is 0 Å². The number of nitrogens with one attached hydrogen (secondary N) is 2. The van der Waals surface area contributed by atoms with Crippen LogP contribution >= 0.6 is 11.3 Å². The Labute approximate surface area is 179 Å². The van der Waals surface area contributed by atoms with Crippen LogP contribution in [0.15, 0.2) is 40.6 Å². The minimum Gasteiger partial charge on any atom is -0.447 e. The van der Waals surface area contributed by atoms with E-state index >= 15 is 0 Å². The van der Waals surface area contributed by atoms with Crippen LogP contribution in [0.3, 0.4) is 0 Å². The molecule has 0 saturated carbocycles. The topological polar surface area (TPSA) is 114 Å². The molecule has 0 unspecified atom stereocenters. The summed E-state index contributed by atoms with van der Waals surface area (Å²) < 4.78 is 36.8. The summed E-state index contributed by atoms with van der Waals surface area (Å²) in [5.41, 5.74) is 0.832. The number of benzene rings is 1.